The van der Waals surface area contributed by atoms with Gasteiger partial charge >= 0.3 is 0 Å². The molecule has 0 saturated carbocycles. The molecule has 0 fully saturated rings. The SMILES string of the molecule is COc1cccc(C(=O)Nc2ccc(NC(C)c3ccccc3)cn2)c1. The lowest BCUT2D eigenvalue weighted by atomic mass is 10.1. The number of pyridine rings is 1. The minimum absolute atomic E-state index is 0.162. The Bertz CT molecular complexity index is 864. The predicted molar refractivity (Wildman–Crippen MR) is 104 cm³/mol. The summed E-state index contributed by atoms with van der Waals surface area (Å²) < 4.78 is 5.14. The molecule has 1 aromatic heterocycles. The molecule has 3 aromatic rings. The number of carbonyl (C=O) groups excluding carboxylic acids is 1. The van der Waals surface area contributed by atoms with Gasteiger partial charge in [0.1, 0.15) is 11.6 Å². The maximum absolute atomic E-state index is 12.3. The van der Waals surface area contributed by atoms with Crippen molar-refractivity contribution in [3.8, 4) is 5.75 Å². The van der Waals surface area contributed by atoms with Gasteiger partial charge in [-0.15, -0.1) is 0 Å². The molecule has 3 rings (SSSR count). The van der Waals surface area contributed by atoms with Gasteiger partial charge in [0.15, 0.2) is 0 Å². The molecule has 132 valence electrons. The van der Waals surface area contributed by atoms with Crippen LogP contribution in [0.2, 0.25) is 0 Å². The second kappa shape index (κ2) is 8.16. The largest absolute Gasteiger partial charge is 0.497 e. The van der Waals surface area contributed by atoms with Gasteiger partial charge in [0.05, 0.1) is 19.0 Å². The van der Waals surface area contributed by atoms with E-state index in [4.69, 9.17) is 4.74 Å². The summed E-state index contributed by atoms with van der Waals surface area (Å²) >= 11 is 0. The van der Waals surface area contributed by atoms with Crippen molar-refractivity contribution in [3.63, 3.8) is 0 Å². The monoisotopic (exact) mass is 347 g/mol. The lowest BCUT2D eigenvalue weighted by Gasteiger charge is -2.15. The quantitative estimate of drug-likeness (QED) is 0.688. The summed E-state index contributed by atoms with van der Waals surface area (Å²) in [6.45, 7) is 2.09. The zero-order valence-electron chi connectivity index (χ0n) is 14.8. The van der Waals surface area contributed by atoms with Gasteiger partial charge in [-0.05, 0) is 42.8 Å². The van der Waals surface area contributed by atoms with E-state index in [1.165, 1.54) is 5.56 Å². The summed E-state index contributed by atoms with van der Waals surface area (Å²) in [5.41, 5.74) is 2.61. The molecule has 1 heterocycles. The number of hydrogen-bond donors (Lipinski definition) is 2. The summed E-state index contributed by atoms with van der Waals surface area (Å²) in [7, 11) is 1.57. The Balaban J connectivity index is 1.63. The molecule has 1 unspecified atom stereocenters. The molecular weight excluding hydrogens is 326 g/mol. The Kier molecular flexibility index (Phi) is 5.49. The number of benzene rings is 2. The highest BCUT2D eigenvalue weighted by Crippen LogP contribution is 2.20. The van der Waals surface area contributed by atoms with Crippen LogP contribution in [0.15, 0.2) is 72.9 Å². The Labute approximate surface area is 153 Å². The van der Waals surface area contributed by atoms with Gasteiger partial charge in [0.2, 0.25) is 0 Å². The number of anilines is 2. The van der Waals surface area contributed by atoms with Crippen LogP contribution >= 0.6 is 0 Å². The van der Waals surface area contributed by atoms with Crippen LogP contribution in [0, 0.1) is 0 Å². The van der Waals surface area contributed by atoms with Gasteiger partial charge in [-0.2, -0.15) is 0 Å². The third-order valence-corrected chi connectivity index (χ3v) is 4.02. The van der Waals surface area contributed by atoms with E-state index < -0.39 is 0 Å². The molecule has 2 N–H and O–H groups in total. The predicted octanol–water partition coefficient (Wildman–Crippen LogP) is 4.52. The molecule has 5 nitrogen and oxygen atoms in total. The fourth-order valence-electron chi connectivity index (χ4n) is 2.58. The molecule has 0 radical (unpaired) electrons. The Morgan fingerprint density at radius 1 is 1.04 bits per heavy atom. The van der Waals surface area contributed by atoms with E-state index in [1.807, 2.05) is 24.3 Å². The average molecular weight is 347 g/mol. The number of ether oxygens (including phenoxy) is 1. The molecular formula is C21H21N3O2. The molecule has 0 aliphatic rings. The van der Waals surface area contributed by atoms with E-state index >= 15 is 0 Å². The minimum atomic E-state index is -0.227. The molecule has 0 bridgehead atoms. The highest BCUT2D eigenvalue weighted by molar-refractivity contribution is 6.04. The molecule has 0 spiro atoms. The number of rotatable bonds is 6. The molecule has 1 amide bonds. The van der Waals surface area contributed by atoms with E-state index in [9.17, 15) is 4.79 Å². The number of nitrogens with zero attached hydrogens (tertiary/aromatic N) is 1. The van der Waals surface area contributed by atoms with Crippen LogP contribution in [0.3, 0.4) is 0 Å². The van der Waals surface area contributed by atoms with E-state index in [-0.39, 0.29) is 11.9 Å². The number of nitrogens with one attached hydrogen (secondary N) is 2. The van der Waals surface area contributed by atoms with Crippen molar-refractivity contribution in [2.75, 3.05) is 17.7 Å². The van der Waals surface area contributed by atoms with Crippen molar-refractivity contribution in [1.82, 2.24) is 4.98 Å². The van der Waals surface area contributed by atoms with Crippen LogP contribution in [0.1, 0.15) is 28.9 Å². The van der Waals surface area contributed by atoms with Gasteiger partial charge < -0.3 is 15.4 Å². The summed E-state index contributed by atoms with van der Waals surface area (Å²) in [6.07, 6.45) is 1.71. The van der Waals surface area contributed by atoms with E-state index in [0.29, 0.717) is 17.1 Å². The number of amides is 1. The number of carbonyl (C=O) groups is 1. The fourth-order valence-corrected chi connectivity index (χ4v) is 2.58. The second-order valence-corrected chi connectivity index (χ2v) is 5.89. The standard InChI is InChI=1S/C21H21N3O2/c1-15(16-7-4-3-5-8-16)23-18-11-12-20(22-14-18)24-21(25)17-9-6-10-19(13-17)26-2/h3-15,23H,1-2H3,(H,22,24,25). The Morgan fingerprint density at radius 3 is 2.54 bits per heavy atom. The molecule has 26 heavy (non-hydrogen) atoms. The summed E-state index contributed by atoms with van der Waals surface area (Å²) in [6, 6.07) is 21.0. The molecule has 1 atom stereocenters. The van der Waals surface area contributed by atoms with E-state index in [2.05, 4.69) is 34.7 Å². The number of hydrogen-bond acceptors (Lipinski definition) is 4. The first-order valence-corrected chi connectivity index (χ1v) is 8.38. The van der Waals surface area contributed by atoms with Crippen LogP contribution in [0.5, 0.6) is 5.75 Å². The lowest BCUT2D eigenvalue weighted by molar-refractivity contribution is 0.102. The maximum atomic E-state index is 12.3. The number of methoxy groups -OCH3 is 1. The summed E-state index contributed by atoms with van der Waals surface area (Å²) in [4.78, 5) is 16.6. The highest BCUT2D eigenvalue weighted by atomic mass is 16.5. The van der Waals surface area contributed by atoms with E-state index in [0.717, 1.165) is 5.69 Å². The Hall–Kier alpha value is -3.34. The average Bonchev–Trinajstić information content (AvgIpc) is 2.70. The van der Waals surface area contributed by atoms with Crippen LogP contribution in [0.25, 0.3) is 0 Å². The van der Waals surface area contributed by atoms with Crippen LogP contribution in [-0.4, -0.2) is 18.0 Å². The third-order valence-electron chi connectivity index (χ3n) is 4.02. The summed E-state index contributed by atoms with van der Waals surface area (Å²) in [5, 5.41) is 6.18. The normalized spacial score (nSPS) is 11.5. The first-order valence-electron chi connectivity index (χ1n) is 8.38. The van der Waals surface area contributed by atoms with E-state index in [1.54, 1.807) is 43.6 Å². The van der Waals surface area contributed by atoms with Crippen molar-refractivity contribution >= 4 is 17.4 Å². The molecule has 2 aromatic carbocycles. The third kappa shape index (κ3) is 4.39. The molecule has 0 aliphatic heterocycles. The van der Waals surface area contributed by atoms with Gasteiger partial charge in [-0.1, -0.05) is 36.4 Å². The Morgan fingerprint density at radius 2 is 1.85 bits per heavy atom. The second-order valence-electron chi connectivity index (χ2n) is 5.89. The smallest absolute Gasteiger partial charge is 0.256 e. The lowest BCUT2D eigenvalue weighted by Crippen LogP contribution is -2.13. The van der Waals surface area contributed by atoms with Crippen molar-refractivity contribution in [2.45, 2.75) is 13.0 Å². The zero-order valence-corrected chi connectivity index (χ0v) is 14.8. The summed E-state index contributed by atoms with van der Waals surface area (Å²) in [5.74, 6) is 0.908. The first-order chi connectivity index (χ1) is 12.7. The fraction of sp³-hybridized carbons (Fsp3) is 0.143. The van der Waals surface area contributed by atoms with Crippen molar-refractivity contribution < 1.29 is 9.53 Å². The minimum Gasteiger partial charge on any atom is -0.497 e. The maximum Gasteiger partial charge on any atom is 0.256 e. The highest BCUT2D eigenvalue weighted by Gasteiger charge is 2.09. The molecule has 5 heteroatoms. The van der Waals surface area contributed by atoms with Gasteiger partial charge in [0, 0.05) is 11.6 Å². The van der Waals surface area contributed by atoms with Gasteiger partial charge in [0.25, 0.3) is 5.91 Å². The van der Waals surface area contributed by atoms with Gasteiger partial charge in [-0.25, -0.2) is 4.98 Å². The zero-order chi connectivity index (χ0) is 18.4. The van der Waals surface area contributed by atoms with Crippen LogP contribution in [0.4, 0.5) is 11.5 Å². The van der Waals surface area contributed by atoms with Gasteiger partial charge in [-0.3, -0.25) is 4.79 Å². The molecule has 0 aliphatic carbocycles. The topological polar surface area (TPSA) is 63.2 Å². The van der Waals surface area contributed by atoms with Crippen molar-refractivity contribution in [1.29, 1.82) is 0 Å². The first kappa shape index (κ1) is 17.5. The van der Waals surface area contributed by atoms with Crippen LogP contribution < -0.4 is 15.4 Å². The van der Waals surface area contributed by atoms with Crippen molar-refractivity contribution in [2.24, 2.45) is 0 Å². The van der Waals surface area contributed by atoms with Crippen molar-refractivity contribution in [3.05, 3.63) is 84.1 Å². The number of aromatic nitrogens is 1. The molecule has 0 saturated heterocycles. The van der Waals surface area contributed by atoms with Crippen LogP contribution in [-0.2, 0) is 0 Å².